The van der Waals surface area contributed by atoms with Crippen LogP contribution < -0.4 is 0 Å². The lowest BCUT2D eigenvalue weighted by Crippen LogP contribution is -2.28. The van der Waals surface area contributed by atoms with E-state index in [9.17, 15) is 0 Å². The molecule has 1 aliphatic rings. The van der Waals surface area contributed by atoms with Crippen molar-refractivity contribution in [3.8, 4) is 55.8 Å². The predicted octanol–water partition coefficient (Wildman–Crippen LogP) is 16.7. The van der Waals surface area contributed by atoms with Crippen LogP contribution in [0.2, 0.25) is 0 Å². The summed E-state index contributed by atoms with van der Waals surface area (Å²) < 4.78 is 0. The molecule has 0 fully saturated rings. The normalized spacial score (nSPS) is 12.7. The Morgan fingerprint density at radius 2 is 0.815 bits per heavy atom. The van der Waals surface area contributed by atoms with Gasteiger partial charge in [0.05, 0.1) is 16.6 Å². The Morgan fingerprint density at radius 1 is 0.277 bits per heavy atom. The summed E-state index contributed by atoms with van der Waals surface area (Å²) in [5, 5.41) is 8.61. The number of para-hydroxylation sites is 1. The summed E-state index contributed by atoms with van der Waals surface area (Å²) in [6.45, 7) is 0. The van der Waals surface area contributed by atoms with Crippen LogP contribution in [0.1, 0.15) is 22.3 Å². The maximum atomic E-state index is 5.18. The van der Waals surface area contributed by atoms with Crippen molar-refractivity contribution >= 4 is 43.2 Å². The van der Waals surface area contributed by atoms with Gasteiger partial charge in [0.1, 0.15) is 0 Å². The van der Waals surface area contributed by atoms with Crippen molar-refractivity contribution < 1.29 is 0 Å². The SMILES string of the molecule is c1ccc(C2(c3ccccc3)c3ccccc3-c3c(-c4ccc5cc(-c6ccc(-c7cc(-c8ccc9c(ccc%10ccccc%109)c8)nc8ccccc78)cc6)ccc5c4)cccc32)cc1. The van der Waals surface area contributed by atoms with Gasteiger partial charge in [-0.15, -0.1) is 0 Å². The van der Waals surface area contributed by atoms with Gasteiger partial charge in [-0.1, -0.05) is 218 Å². The molecule has 12 aromatic rings. The molecule has 1 heterocycles. The van der Waals surface area contributed by atoms with Crippen LogP contribution in [0.3, 0.4) is 0 Å². The lowest BCUT2D eigenvalue weighted by molar-refractivity contribution is 0.768. The smallest absolute Gasteiger partial charge is 0.0716 e. The molecule has 0 atom stereocenters. The molecule has 0 bridgehead atoms. The molecular formula is C64H41N. The lowest BCUT2D eigenvalue weighted by atomic mass is 9.67. The molecule has 1 nitrogen and oxygen atoms in total. The van der Waals surface area contributed by atoms with Crippen molar-refractivity contribution in [3.05, 3.63) is 271 Å². The maximum absolute atomic E-state index is 5.18. The first kappa shape index (κ1) is 37.2. The van der Waals surface area contributed by atoms with Gasteiger partial charge < -0.3 is 0 Å². The van der Waals surface area contributed by atoms with Gasteiger partial charge >= 0.3 is 0 Å². The Labute approximate surface area is 378 Å². The third kappa shape index (κ3) is 5.90. The van der Waals surface area contributed by atoms with E-state index in [0.29, 0.717) is 0 Å². The third-order valence-corrected chi connectivity index (χ3v) is 13.9. The Hall–Kier alpha value is -8.39. The van der Waals surface area contributed by atoms with E-state index in [1.54, 1.807) is 0 Å². The van der Waals surface area contributed by atoms with E-state index < -0.39 is 5.41 Å². The molecular weight excluding hydrogens is 783 g/mol. The van der Waals surface area contributed by atoms with E-state index in [2.05, 4.69) is 249 Å². The van der Waals surface area contributed by atoms with Gasteiger partial charge in [0, 0.05) is 10.9 Å². The largest absolute Gasteiger partial charge is 0.248 e. The zero-order valence-electron chi connectivity index (χ0n) is 35.6. The summed E-state index contributed by atoms with van der Waals surface area (Å²) in [6, 6.07) is 91.4. The highest BCUT2D eigenvalue weighted by Gasteiger charge is 2.46. The summed E-state index contributed by atoms with van der Waals surface area (Å²) in [5.74, 6) is 0. The maximum Gasteiger partial charge on any atom is 0.0716 e. The highest BCUT2D eigenvalue weighted by Crippen LogP contribution is 2.58. The summed E-state index contributed by atoms with van der Waals surface area (Å²) in [5.41, 5.74) is 17.7. The zero-order valence-corrected chi connectivity index (χ0v) is 35.6. The fraction of sp³-hybridized carbons (Fsp3) is 0.0156. The molecule has 1 aromatic heterocycles. The minimum Gasteiger partial charge on any atom is -0.248 e. The molecule has 0 saturated heterocycles. The van der Waals surface area contributed by atoms with Gasteiger partial charge in [0.2, 0.25) is 0 Å². The number of nitrogens with zero attached hydrogens (tertiary/aromatic N) is 1. The van der Waals surface area contributed by atoms with Crippen LogP contribution >= 0.6 is 0 Å². The number of hydrogen-bond acceptors (Lipinski definition) is 1. The van der Waals surface area contributed by atoms with Crippen LogP contribution in [-0.2, 0) is 5.41 Å². The molecule has 65 heavy (non-hydrogen) atoms. The molecule has 0 amide bonds. The topological polar surface area (TPSA) is 12.9 Å². The van der Waals surface area contributed by atoms with E-state index in [1.807, 2.05) is 0 Å². The number of aromatic nitrogens is 1. The molecule has 0 saturated carbocycles. The van der Waals surface area contributed by atoms with Crippen LogP contribution in [-0.4, -0.2) is 4.98 Å². The standard InChI is InChI=1S/C64H41N/c1-3-15-51(16-4-1)64(52-17-5-2-6-18-52)59-23-11-9-21-57(59)63-55(22-13-24-60(63)64)49-35-33-46-38-45(31-32-47(46)39-49)42-26-28-44(29-27-42)58-41-62(65-61-25-12-10-20-56(58)61)50-36-37-54-48(40-50)34-30-43-14-7-8-19-53(43)54/h1-41H. The first-order valence-electron chi connectivity index (χ1n) is 22.5. The molecule has 1 heteroatoms. The summed E-state index contributed by atoms with van der Waals surface area (Å²) >= 11 is 0. The number of rotatable bonds is 6. The molecule has 0 unspecified atom stereocenters. The second-order valence-corrected chi connectivity index (χ2v) is 17.4. The van der Waals surface area contributed by atoms with Crippen molar-refractivity contribution in [1.82, 2.24) is 4.98 Å². The van der Waals surface area contributed by atoms with Gasteiger partial charge in [-0.3, -0.25) is 0 Å². The average molecular weight is 824 g/mol. The average Bonchev–Trinajstić information content (AvgIpc) is 3.69. The van der Waals surface area contributed by atoms with E-state index in [-0.39, 0.29) is 0 Å². The highest BCUT2D eigenvalue weighted by molar-refractivity contribution is 6.09. The number of benzene rings is 11. The number of hydrogen-bond donors (Lipinski definition) is 0. The van der Waals surface area contributed by atoms with Gasteiger partial charge in [-0.05, 0) is 129 Å². The van der Waals surface area contributed by atoms with E-state index in [0.717, 1.165) is 22.2 Å². The molecule has 11 aromatic carbocycles. The number of pyridine rings is 1. The fourth-order valence-corrected chi connectivity index (χ4v) is 10.9. The second kappa shape index (κ2) is 14.9. The van der Waals surface area contributed by atoms with Crippen LogP contribution in [0.5, 0.6) is 0 Å². The molecule has 302 valence electrons. The van der Waals surface area contributed by atoms with Crippen LogP contribution in [0.25, 0.3) is 99.0 Å². The van der Waals surface area contributed by atoms with Crippen molar-refractivity contribution in [1.29, 1.82) is 0 Å². The van der Waals surface area contributed by atoms with Gasteiger partial charge in [0.25, 0.3) is 0 Å². The Kier molecular flexibility index (Phi) is 8.51. The van der Waals surface area contributed by atoms with Crippen molar-refractivity contribution in [2.75, 3.05) is 0 Å². The minimum absolute atomic E-state index is 0.425. The number of fused-ring (bicyclic) bond motifs is 8. The zero-order chi connectivity index (χ0) is 42.9. The van der Waals surface area contributed by atoms with Crippen LogP contribution in [0.15, 0.2) is 249 Å². The van der Waals surface area contributed by atoms with Crippen molar-refractivity contribution in [2.45, 2.75) is 5.41 Å². The van der Waals surface area contributed by atoms with Crippen molar-refractivity contribution in [2.24, 2.45) is 0 Å². The molecule has 0 aliphatic heterocycles. The van der Waals surface area contributed by atoms with Gasteiger partial charge in [0.15, 0.2) is 0 Å². The van der Waals surface area contributed by atoms with E-state index in [4.69, 9.17) is 4.98 Å². The Bertz CT molecular complexity index is 3770. The molecule has 13 rings (SSSR count). The molecule has 0 spiro atoms. The van der Waals surface area contributed by atoms with Crippen LogP contribution in [0.4, 0.5) is 0 Å². The Morgan fingerprint density at radius 3 is 1.62 bits per heavy atom. The van der Waals surface area contributed by atoms with Crippen molar-refractivity contribution in [3.63, 3.8) is 0 Å². The second-order valence-electron chi connectivity index (χ2n) is 17.4. The first-order valence-corrected chi connectivity index (χ1v) is 22.5. The molecule has 1 aliphatic carbocycles. The van der Waals surface area contributed by atoms with Crippen LogP contribution in [0, 0.1) is 0 Å². The first-order chi connectivity index (χ1) is 32.2. The summed E-state index contributed by atoms with van der Waals surface area (Å²) in [6.07, 6.45) is 0. The quantitative estimate of drug-likeness (QED) is 0.152. The fourth-order valence-electron chi connectivity index (χ4n) is 10.9. The summed E-state index contributed by atoms with van der Waals surface area (Å²) in [7, 11) is 0. The molecule has 0 radical (unpaired) electrons. The predicted molar refractivity (Wildman–Crippen MR) is 273 cm³/mol. The van der Waals surface area contributed by atoms with Gasteiger partial charge in [-0.25, -0.2) is 4.98 Å². The highest BCUT2D eigenvalue weighted by atomic mass is 14.7. The van der Waals surface area contributed by atoms with Gasteiger partial charge in [-0.2, -0.15) is 0 Å². The monoisotopic (exact) mass is 823 g/mol. The minimum atomic E-state index is -0.425. The van der Waals surface area contributed by atoms with E-state index in [1.165, 1.54) is 99.1 Å². The third-order valence-electron chi connectivity index (χ3n) is 13.9. The molecule has 0 N–H and O–H groups in total. The summed E-state index contributed by atoms with van der Waals surface area (Å²) in [4.78, 5) is 5.18. The van der Waals surface area contributed by atoms with E-state index >= 15 is 0 Å². The Balaban J connectivity index is 0.856. The lowest BCUT2D eigenvalue weighted by Gasteiger charge is -2.34.